The van der Waals surface area contributed by atoms with E-state index in [1.54, 1.807) is 0 Å². The summed E-state index contributed by atoms with van der Waals surface area (Å²) in [5, 5.41) is 0. The van der Waals surface area contributed by atoms with E-state index in [0.717, 1.165) is 36.6 Å². The Bertz CT molecular complexity index is 559. The third-order valence-corrected chi connectivity index (χ3v) is 4.45. The zero-order valence-corrected chi connectivity index (χ0v) is 11.2. The highest BCUT2D eigenvalue weighted by Crippen LogP contribution is 2.47. The molecule has 106 valence electrons. The molecule has 1 aromatic carbocycles. The minimum absolute atomic E-state index is 0.120. The molecule has 1 saturated carbocycles. The molecule has 2 amide bonds. The summed E-state index contributed by atoms with van der Waals surface area (Å²) in [6, 6.07) is 3.75. The number of piperidine rings is 1. The van der Waals surface area contributed by atoms with Crippen LogP contribution in [0.1, 0.15) is 38.5 Å². The second-order valence-corrected chi connectivity index (χ2v) is 5.89. The van der Waals surface area contributed by atoms with E-state index in [4.69, 9.17) is 5.73 Å². The van der Waals surface area contributed by atoms with Crippen LogP contribution in [0.4, 0.5) is 15.8 Å². The van der Waals surface area contributed by atoms with Crippen LogP contribution in [0.25, 0.3) is 0 Å². The molecule has 1 heterocycles. The molecule has 1 aromatic rings. The lowest BCUT2D eigenvalue weighted by atomic mass is 9.76. The summed E-state index contributed by atoms with van der Waals surface area (Å²) in [5.74, 6) is -0.918. The second-order valence-electron chi connectivity index (χ2n) is 5.89. The molecule has 2 aliphatic rings. The number of hydrogen-bond donors (Lipinski definition) is 1. The number of nitrogen functional groups attached to an aromatic ring is 1. The first kappa shape index (κ1) is 13.1. The zero-order valence-electron chi connectivity index (χ0n) is 11.2. The highest BCUT2D eigenvalue weighted by atomic mass is 19.1. The van der Waals surface area contributed by atoms with Crippen molar-refractivity contribution < 1.29 is 14.0 Å². The average molecular weight is 276 g/mol. The Balaban J connectivity index is 1.91. The Morgan fingerprint density at radius 2 is 1.70 bits per heavy atom. The average Bonchev–Trinajstić information content (AvgIpc) is 2.79. The van der Waals surface area contributed by atoms with Crippen LogP contribution in [0.15, 0.2) is 18.2 Å². The van der Waals surface area contributed by atoms with Crippen LogP contribution in [0, 0.1) is 11.2 Å². The van der Waals surface area contributed by atoms with Crippen molar-refractivity contribution in [2.75, 3.05) is 10.6 Å². The van der Waals surface area contributed by atoms with Crippen LogP contribution in [0.2, 0.25) is 0 Å². The lowest BCUT2D eigenvalue weighted by molar-refractivity contribution is -0.133. The van der Waals surface area contributed by atoms with Gasteiger partial charge in [0, 0.05) is 12.8 Å². The third kappa shape index (κ3) is 2.07. The molecule has 4 nitrogen and oxygen atoms in total. The van der Waals surface area contributed by atoms with Gasteiger partial charge in [0.1, 0.15) is 5.82 Å². The van der Waals surface area contributed by atoms with Gasteiger partial charge in [-0.25, -0.2) is 9.29 Å². The molecule has 0 radical (unpaired) electrons. The van der Waals surface area contributed by atoms with Gasteiger partial charge < -0.3 is 5.73 Å². The topological polar surface area (TPSA) is 63.4 Å². The fourth-order valence-corrected chi connectivity index (χ4v) is 3.48. The van der Waals surface area contributed by atoms with Crippen LogP contribution in [0.5, 0.6) is 0 Å². The number of hydrogen-bond acceptors (Lipinski definition) is 3. The van der Waals surface area contributed by atoms with Crippen LogP contribution in [-0.2, 0) is 9.59 Å². The summed E-state index contributed by atoms with van der Waals surface area (Å²) >= 11 is 0. The number of carbonyl (C=O) groups excluding carboxylic acids is 2. The normalized spacial score (nSPS) is 21.8. The highest BCUT2D eigenvalue weighted by molar-refractivity contribution is 6.18. The Kier molecular flexibility index (Phi) is 3.00. The fraction of sp³-hybridized carbons (Fsp3) is 0.467. The van der Waals surface area contributed by atoms with E-state index in [1.165, 1.54) is 12.1 Å². The van der Waals surface area contributed by atoms with E-state index >= 15 is 0 Å². The molecule has 1 aliphatic heterocycles. The molecule has 0 atom stereocenters. The lowest BCUT2D eigenvalue weighted by Gasteiger charge is -2.37. The first-order chi connectivity index (χ1) is 9.51. The minimum atomic E-state index is -0.476. The predicted octanol–water partition coefficient (Wildman–Crippen LogP) is 2.62. The van der Waals surface area contributed by atoms with Crippen molar-refractivity contribution in [3.05, 3.63) is 24.0 Å². The van der Waals surface area contributed by atoms with Gasteiger partial charge in [0.15, 0.2) is 0 Å². The lowest BCUT2D eigenvalue weighted by Crippen LogP contribution is -2.47. The molecule has 20 heavy (non-hydrogen) atoms. The van der Waals surface area contributed by atoms with Gasteiger partial charge in [-0.15, -0.1) is 0 Å². The summed E-state index contributed by atoms with van der Waals surface area (Å²) < 4.78 is 13.1. The number of benzene rings is 1. The van der Waals surface area contributed by atoms with Crippen LogP contribution < -0.4 is 10.6 Å². The maximum atomic E-state index is 13.1. The van der Waals surface area contributed by atoms with E-state index in [9.17, 15) is 14.0 Å². The summed E-state index contributed by atoms with van der Waals surface area (Å²) in [6.45, 7) is 0. The number of carbonyl (C=O) groups is 2. The summed E-state index contributed by atoms with van der Waals surface area (Å²) in [6.07, 6.45) is 4.82. The molecule has 0 unspecified atom stereocenters. The molecule has 3 rings (SSSR count). The molecule has 5 heteroatoms. The van der Waals surface area contributed by atoms with Crippen LogP contribution in [-0.4, -0.2) is 11.8 Å². The Morgan fingerprint density at radius 1 is 1.10 bits per heavy atom. The molecule has 0 bridgehead atoms. The van der Waals surface area contributed by atoms with Crippen molar-refractivity contribution in [3.63, 3.8) is 0 Å². The molecular weight excluding hydrogens is 259 g/mol. The first-order valence-corrected chi connectivity index (χ1v) is 6.92. The molecule has 2 N–H and O–H groups in total. The van der Waals surface area contributed by atoms with E-state index in [1.807, 2.05) is 0 Å². The fourth-order valence-electron chi connectivity index (χ4n) is 3.48. The smallest absolute Gasteiger partial charge is 0.234 e. The van der Waals surface area contributed by atoms with Crippen molar-refractivity contribution in [1.29, 1.82) is 0 Å². The minimum Gasteiger partial charge on any atom is -0.397 e. The Hall–Kier alpha value is -1.91. The van der Waals surface area contributed by atoms with E-state index < -0.39 is 5.82 Å². The summed E-state index contributed by atoms with van der Waals surface area (Å²) in [5.41, 5.74) is 6.02. The molecule has 0 aromatic heterocycles. The molecule has 1 spiro atoms. The maximum Gasteiger partial charge on any atom is 0.234 e. The van der Waals surface area contributed by atoms with Gasteiger partial charge in [-0.3, -0.25) is 9.59 Å². The summed E-state index contributed by atoms with van der Waals surface area (Å²) in [7, 11) is 0. The SMILES string of the molecule is Nc1cc(F)ccc1N1C(=O)CC2(CCCC2)CC1=O. The van der Waals surface area contributed by atoms with Gasteiger partial charge in [-0.05, 0) is 36.5 Å². The standard InChI is InChI=1S/C15H17FN2O2/c16-10-3-4-12(11(17)7-10)18-13(19)8-15(9-14(18)20)5-1-2-6-15/h3-4,7H,1-2,5-6,8-9,17H2. The number of nitrogens with zero attached hydrogens (tertiary/aromatic N) is 1. The Morgan fingerprint density at radius 3 is 2.25 bits per heavy atom. The van der Waals surface area contributed by atoms with Crippen molar-refractivity contribution in [1.82, 2.24) is 0 Å². The van der Waals surface area contributed by atoms with E-state index in [2.05, 4.69) is 0 Å². The van der Waals surface area contributed by atoms with Crippen LogP contribution >= 0.6 is 0 Å². The highest BCUT2D eigenvalue weighted by Gasteiger charge is 2.45. The van der Waals surface area contributed by atoms with Gasteiger partial charge in [-0.1, -0.05) is 12.8 Å². The number of imide groups is 1. The second kappa shape index (κ2) is 4.58. The van der Waals surface area contributed by atoms with Gasteiger partial charge in [-0.2, -0.15) is 0 Å². The van der Waals surface area contributed by atoms with Crippen molar-refractivity contribution >= 4 is 23.2 Å². The van der Waals surface area contributed by atoms with Gasteiger partial charge >= 0.3 is 0 Å². The number of anilines is 2. The molecular formula is C15H17FN2O2. The van der Waals surface area contributed by atoms with Crippen LogP contribution in [0.3, 0.4) is 0 Å². The maximum absolute atomic E-state index is 13.1. The number of amides is 2. The molecule has 1 aliphatic carbocycles. The molecule has 1 saturated heterocycles. The van der Waals surface area contributed by atoms with Gasteiger partial charge in [0.25, 0.3) is 0 Å². The van der Waals surface area contributed by atoms with Gasteiger partial charge in [0.2, 0.25) is 11.8 Å². The largest absolute Gasteiger partial charge is 0.397 e. The monoisotopic (exact) mass is 276 g/mol. The van der Waals surface area contributed by atoms with E-state index in [-0.39, 0.29) is 22.9 Å². The number of halogens is 1. The molecule has 2 fully saturated rings. The summed E-state index contributed by atoms with van der Waals surface area (Å²) in [4.78, 5) is 25.8. The van der Waals surface area contributed by atoms with Crippen molar-refractivity contribution in [3.8, 4) is 0 Å². The quantitative estimate of drug-likeness (QED) is 0.633. The number of rotatable bonds is 1. The van der Waals surface area contributed by atoms with Crippen molar-refractivity contribution in [2.45, 2.75) is 38.5 Å². The van der Waals surface area contributed by atoms with Gasteiger partial charge in [0.05, 0.1) is 11.4 Å². The zero-order chi connectivity index (χ0) is 14.3. The predicted molar refractivity (Wildman–Crippen MR) is 73.4 cm³/mol. The van der Waals surface area contributed by atoms with E-state index in [0.29, 0.717) is 18.5 Å². The first-order valence-electron chi connectivity index (χ1n) is 6.92. The number of nitrogens with two attached hydrogens (primary N) is 1. The third-order valence-electron chi connectivity index (χ3n) is 4.45. The Labute approximate surface area is 116 Å². The van der Waals surface area contributed by atoms with Crippen molar-refractivity contribution in [2.24, 2.45) is 5.41 Å².